The lowest BCUT2D eigenvalue weighted by atomic mass is 10.2. The number of hydrogen-bond donors (Lipinski definition) is 2. The van der Waals surface area contributed by atoms with E-state index in [0.717, 1.165) is 16.1 Å². The number of aromatic amines is 1. The van der Waals surface area contributed by atoms with Gasteiger partial charge in [-0.05, 0) is 36.4 Å². The quantitative estimate of drug-likeness (QED) is 0.368. The monoisotopic (exact) mass is 425 g/mol. The van der Waals surface area contributed by atoms with Crippen LogP contribution in [-0.4, -0.2) is 42.4 Å². The first-order chi connectivity index (χ1) is 14.0. The lowest BCUT2D eigenvalue weighted by Crippen LogP contribution is -2.18. The molecule has 29 heavy (non-hydrogen) atoms. The van der Waals surface area contributed by atoms with Crippen molar-refractivity contribution in [2.45, 2.75) is 13.8 Å². The van der Waals surface area contributed by atoms with Crippen LogP contribution >= 0.6 is 22.7 Å². The molecule has 10 nitrogen and oxygen atoms in total. The second-order valence-electron chi connectivity index (χ2n) is 5.85. The number of carbonyl (C=O) groups is 1. The Morgan fingerprint density at radius 3 is 2.72 bits per heavy atom. The number of thiazole rings is 2. The number of hydrogen-bond acceptors (Lipinski definition) is 10. The highest BCUT2D eigenvalue weighted by molar-refractivity contribution is 7.19. The summed E-state index contributed by atoms with van der Waals surface area (Å²) in [6.07, 6.45) is 0. The number of H-pyrrole nitrogens is 1. The third kappa shape index (κ3) is 4.17. The number of tetrazole rings is 1. The number of benzene rings is 1. The molecule has 4 rings (SSSR count). The summed E-state index contributed by atoms with van der Waals surface area (Å²) in [5.74, 6) is -0.160. The molecule has 0 unspecified atom stereocenters. The minimum Gasteiger partial charge on any atom is -0.857 e. The van der Waals surface area contributed by atoms with Gasteiger partial charge in [0, 0.05) is 23.8 Å². The molecule has 0 fully saturated rings. The van der Waals surface area contributed by atoms with Crippen molar-refractivity contribution < 1.29 is 9.90 Å². The highest BCUT2D eigenvalue weighted by Crippen LogP contribution is 2.33. The number of carbonyl (C=O) groups excluding carboxylic acids is 1. The van der Waals surface area contributed by atoms with Crippen LogP contribution in [0.3, 0.4) is 0 Å². The Hall–Kier alpha value is -3.51. The van der Waals surface area contributed by atoms with Gasteiger partial charge in [-0.25, -0.2) is 9.97 Å². The molecular formula is C17H13N8O2S2-. The largest absolute Gasteiger partial charge is 0.857 e. The molecule has 0 aliphatic heterocycles. The topological polar surface area (TPSA) is 145 Å². The van der Waals surface area contributed by atoms with Crippen molar-refractivity contribution in [2.24, 2.45) is 4.99 Å². The number of aliphatic imine (C=N–C) groups is 1. The molecule has 1 amide bonds. The standard InChI is InChI=1S/C17H14N8O2S2/c1-8-13(29-17(18-8)19-9(2)26)12-7-28-16(21-12)15(27)20-11-5-3-10(4-6-11)14-22-24-25-23-14/h3-7H,1-2H3,(H,20,27)(H,18,19,26)(H,22,23,24,25)/p-1. The summed E-state index contributed by atoms with van der Waals surface area (Å²) in [5, 5.41) is 31.4. The number of anilines is 1. The van der Waals surface area contributed by atoms with Crippen LogP contribution in [0.15, 0.2) is 34.6 Å². The van der Waals surface area contributed by atoms with Gasteiger partial charge in [-0.2, -0.15) is 5.21 Å². The molecule has 0 saturated carbocycles. The van der Waals surface area contributed by atoms with Crippen LogP contribution in [0.25, 0.3) is 22.0 Å². The summed E-state index contributed by atoms with van der Waals surface area (Å²) >= 11 is 2.52. The summed E-state index contributed by atoms with van der Waals surface area (Å²) in [5.41, 5.74) is 2.63. The Balaban J connectivity index is 1.54. The molecule has 0 radical (unpaired) electrons. The average Bonchev–Trinajstić information content (AvgIpc) is 3.42. The van der Waals surface area contributed by atoms with Gasteiger partial charge in [0.05, 0.1) is 22.0 Å². The van der Waals surface area contributed by atoms with Crippen molar-refractivity contribution in [3.05, 3.63) is 40.3 Å². The zero-order valence-electron chi connectivity index (χ0n) is 15.2. The number of nitrogens with zero attached hydrogens (tertiary/aromatic N) is 6. The first-order valence-corrected chi connectivity index (χ1v) is 10.00. The molecule has 3 heterocycles. The van der Waals surface area contributed by atoms with Crippen LogP contribution in [0.5, 0.6) is 0 Å². The first kappa shape index (κ1) is 18.8. The van der Waals surface area contributed by atoms with Crippen molar-refractivity contribution in [3.8, 4) is 22.0 Å². The lowest BCUT2D eigenvalue weighted by Gasteiger charge is -2.06. The predicted octanol–water partition coefficient (Wildman–Crippen LogP) is 2.15. The van der Waals surface area contributed by atoms with E-state index in [1.165, 1.54) is 29.6 Å². The van der Waals surface area contributed by atoms with Crippen LogP contribution in [0, 0.1) is 6.92 Å². The summed E-state index contributed by atoms with van der Waals surface area (Å²) in [7, 11) is 0. The van der Waals surface area contributed by atoms with Gasteiger partial charge in [0.2, 0.25) is 11.7 Å². The van der Waals surface area contributed by atoms with Gasteiger partial charge < -0.3 is 10.4 Å². The van der Waals surface area contributed by atoms with Crippen molar-refractivity contribution in [2.75, 3.05) is 5.32 Å². The fourth-order valence-corrected chi connectivity index (χ4v) is 4.19. The molecule has 0 bridgehead atoms. The second-order valence-corrected chi connectivity index (χ2v) is 7.71. The number of amides is 1. The maximum atomic E-state index is 12.5. The van der Waals surface area contributed by atoms with E-state index in [0.29, 0.717) is 22.3 Å². The predicted molar refractivity (Wildman–Crippen MR) is 108 cm³/mol. The number of aryl methyl sites for hydroxylation is 1. The highest BCUT2D eigenvalue weighted by Gasteiger charge is 2.14. The molecule has 12 heteroatoms. The highest BCUT2D eigenvalue weighted by atomic mass is 32.1. The maximum Gasteiger partial charge on any atom is 0.223 e. The molecule has 0 saturated heterocycles. The molecule has 0 atom stereocenters. The van der Waals surface area contributed by atoms with Gasteiger partial charge in [-0.1, -0.05) is 11.3 Å². The minimum atomic E-state index is -0.433. The van der Waals surface area contributed by atoms with E-state index in [1.54, 1.807) is 29.6 Å². The molecular weight excluding hydrogens is 412 g/mol. The molecule has 3 aromatic heterocycles. The van der Waals surface area contributed by atoms with E-state index in [4.69, 9.17) is 0 Å². The van der Waals surface area contributed by atoms with Gasteiger partial charge in [0.1, 0.15) is 5.01 Å². The first-order valence-electron chi connectivity index (χ1n) is 8.30. The smallest absolute Gasteiger partial charge is 0.223 e. The van der Waals surface area contributed by atoms with Crippen LogP contribution in [0.4, 0.5) is 10.8 Å². The van der Waals surface area contributed by atoms with Crippen molar-refractivity contribution in [3.63, 3.8) is 0 Å². The molecule has 0 aliphatic rings. The fourth-order valence-electron chi connectivity index (χ4n) is 2.45. The third-order valence-corrected chi connectivity index (χ3v) is 5.63. The van der Waals surface area contributed by atoms with Crippen LogP contribution in [0.1, 0.15) is 17.6 Å². The van der Waals surface area contributed by atoms with Crippen molar-refractivity contribution in [1.29, 1.82) is 0 Å². The van der Waals surface area contributed by atoms with E-state index in [2.05, 4.69) is 40.9 Å². The SMILES string of the molecule is CC(=O)Nc1nc(C)c(-c2csc(C([O-])=Nc3ccc(-c4nn[nH]n4)cc3)n2)s1. The third-order valence-electron chi connectivity index (χ3n) is 3.70. The number of rotatable bonds is 5. The maximum absolute atomic E-state index is 12.5. The van der Waals surface area contributed by atoms with Crippen LogP contribution in [0.2, 0.25) is 0 Å². The number of nitrogens with one attached hydrogen (secondary N) is 2. The van der Waals surface area contributed by atoms with E-state index < -0.39 is 5.90 Å². The Morgan fingerprint density at radius 2 is 2.03 bits per heavy atom. The van der Waals surface area contributed by atoms with Crippen molar-refractivity contribution in [1.82, 2.24) is 30.6 Å². The Labute approximate surface area is 172 Å². The van der Waals surface area contributed by atoms with Gasteiger partial charge in [0.15, 0.2) is 5.13 Å². The molecule has 1 aromatic carbocycles. The minimum absolute atomic E-state index is 0.191. The van der Waals surface area contributed by atoms with Crippen molar-refractivity contribution >= 4 is 45.3 Å². The van der Waals surface area contributed by atoms with Gasteiger partial charge in [-0.15, -0.1) is 21.5 Å². The van der Waals surface area contributed by atoms with Gasteiger partial charge in [0.25, 0.3) is 0 Å². The van der Waals surface area contributed by atoms with E-state index >= 15 is 0 Å². The zero-order chi connectivity index (χ0) is 20.4. The average molecular weight is 425 g/mol. The summed E-state index contributed by atoms with van der Waals surface area (Å²) in [6, 6.07) is 6.92. The van der Waals surface area contributed by atoms with E-state index in [-0.39, 0.29) is 10.9 Å². The molecule has 146 valence electrons. The van der Waals surface area contributed by atoms with Gasteiger partial charge >= 0.3 is 0 Å². The van der Waals surface area contributed by atoms with E-state index in [9.17, 15) is 9.90 Å². The van der Waals surface area contributed by atoms with Gasteiger partial charge in [-0.3, -0.25) is 9.79 Å². The molecule has 2 N–H and O–H groups in total. The van der Waals surface area contributed by atoms with Crippen LogP contribution in [-0.2, 0) is 4.79 Å². The Morgan fingerprint density at radius 1 is 1.24 bits per heavy atom. The summed E-state index contributed by atoms with van der Waals surface area (Å²) < 4.78 is 0. The van der Waals surface area contributed by atoms with Crippen LogP contribution < -0.4 is 10.4 Å². The molecule has 0 spiro atoms. The molecule has 4 aromatic rings. The normalized spacial score (nSPS) is 11.6. The zero-order valence-corrected chi connectivity index (χ0v) is 16.8. The molecule has 0 aliphatic carbocycles. The summed E-state index contributed by atoms with van der Waals surface area (Å²) in [4.78, 5) is 24.8. The second kappa shape index (κ2) is 7.85. The Bertz CT molecular complexity index is 1180. The lowest BCUT2D eigenvalue weighted by molar-refractivity contribution is -0.212. The summed E-state index contributed by atoms with van der Waals surface area (Å²) in [6.45, 7) is 3.25. The fraction of sp³-hybridized carbons (Fsp3) is 0.118. The van der Waals surface area contributed by atoms with E-state index in [1.807, 2.05) is 6.92 Å². The Kier molecular flexibility index (Phi) is 5.10. The number of aromatic nitrogens is 6.